The van der Waals surface area contributed by atoms with Gasteiger partial charge in [-0.1, -0.05) is 6.07 Å². The first-order valence-corrected chi connectivity index (χ1v) is 9.65. The first-order valence-electron chi connectivity index (χ1n) is 6.15. The SMILES string of the molecule is CNCc1ccc(F)cc1S(=O)(=O)N(C)CCS(C)(=O)=O. The molecular formula is C12H19FN2O4S2. The molecule has 0 aliphatic rings. The molecule has 6 nitrogen and oxygen atoms in total. The van der Waals surface area contributed by atoms with Gasteiger partial charge in [0.25, 0.3) is 0 Å². The van der Waals surface area contributed by atoms with Gasteiger partial charge in [-0.15, -0.1) is 0 Å². The van der Waals surface area contributed by atoms with Crippen molar-refractivity contribution < 1.29 is 21.2 Å². The maximum absolute atomic E-state index is 13.4. The number of hydrogen-bond donors (Lipinski definition) is 1. The highest BCUT2D eigenvalue weighted by Gasteiger charge is 2.25. The normalized spacial score (nSPS) is 12.8. The lowest BCUT2D eigenvalue weighted by atomic mass is 10.2. The summed E-state index contributed by atoms with van der Waals surface area (Å²) in [5.74, 6) is -0.954. The quantitative estimate of drug-likeness (QED) is 0.768. The summed E-state index contributed by atoms with van der Waals surface area (Å²) in [5.41, 5.74) is 0.421. The third-order valence-corrected chi connectivity index (χ3v) is 5.72. The number of nitrogens with zero attached hydrogens (tertiary/aromatic N) is 1. The van der Waals surface area contributed by atoms with Gasteiger partial charge in [0.1, 0.15) is 15.7 Å². The lowest BCUT2D eigenvalue weighted by molar-refractivity contribution is 0.482. The van der Waals surface area contributed by atoms with Crippen molar-refractivity contribution in [1.29, 1.82) is 0 Å². The number of benzene rings is 1. The summed E-state index contributed by atoms with van der Waals surface area (Å²) >= 11 is 0. The summed E-state index contributed by atoms with van der Waals surface area (Å²) < 4.78 is 61.4. The van der Waals surface area contributed by atoms with Gasteiger partial charge in [-0.05, 0) is 24.7 Å². The Morgan fingerprint density at radius 3 is 2.38 bits per heavy atom. The standard InChI is InChI=1S/C12H19FN2O4S2/c1-14-9-10-4-5-11(13)8-12(10)21(18,19)15(2)6-7-20(3,16)17/h4-5,8,14H,6-7,9H2,1-3H3. The zero-order valence-corrected chi connectivity index (χ0v) is 13.8. The van der Waals surface area contributed by atoms with Gasteiger partial charge in [0.2, 0.25) is 10.0 Å². The fourth-order valence-corrected chi connectivity index (χ4v) is 3.81. The minimum Gasteiger partial charge on any atom is -0.316 e. The van der Waals surface area contributed by atoms with E-state index in [0.717, 1.165) is 16.6 Å². The summed E-state index contributed by atoms with van der Waals surface area (Å²) in [4.78, 5) is -0.159. The summed E-state index contributed by atoms with van der Waals surface area (Å²) in [6, 6.07) is 3.52. The van der Waals surface area contributed by atoms with Gasteiger partial charge in [-0.2, -0.15) is 4.31 Å². The average molecular weight is 338 g/mol. The molecule has 120 valence electrons. The van der Waals surface area contributed by atoms with E-state index in [9.17, 15) is 21.2 Å². The molecule has 1 rings (SSSR count). The van der Waals surface area contributed by atoms with Crippen LogP contribution in [-0.4, -0.2) is 53.8 Å². The third kappa shape index (κ3) is 5.03. The number of sulfone groups is 1. The maximum Gasteiger partial charge on any atom is 0.243 e. The summed E-state index contributed by atoms with van der Waals surface area (Å²) in [7, 11) is -4.31. The first-order chi connectivity index (χ1) is 9.58. The van der Waals surface area contributed by atoms with Gasteiger partial charge in [-0.3, -0.25) is 0 Å². The maximum atomic E-state index is 13.4. The van der Waals surface area contributed by atoms with Crippen LogP contribution in [0, 0.1) is 5.82 Å². The molecule has 0 aromatic heterocycles. The Kier molecular flexibility index (Phi) is 5.85. The summed E-state index contributed by atoms with van der Waals surface area (Å²) in [5, 5.41) is 2.81. The molecule has 1 aromatic carbocycles. The fourth-order valence-electron chi connectivity index (χ4n) is 1.69. The molecule has 0 bridgehead atoms. The minimum atomic E-state index is -3.95. The van der Waals surface area contributed by atoms with Crippen molar-refractivity contribution in [2.24, 2.45) is 0 Å². The van der Waals surface area contributed by atoms with Crippen LogP contribution in [0.2, 0.25) is 0 Å². The average Bonchev–Trinajstić information content (AvgIpc) is 2.37. The van der Waals surface area contributed by atoms with E-state index in [1.54, 1.807) is 7.05 Å². The van der Waals surface area contributed by atoms with Gasteiger partial charge in [0, 0.05) is 26.4 Å². The van der Waals surface area contributed by atoms with E-state index in [-0.39, 0.29) is 23.7 Å². The van der Waals surface area contributed by atoms with Crippen molar-refractivity contribution in [3.8, 4) is 0 Å². The number of halogens is 1. The molecular weight excluding hydrogens is 319 g/mol. The zero-order chi connectivity index (χ0) is 16.3. The molecule has 0 amide bonds. The highest BCUT2D eigenvalue weighted by Crippen LogP contribution is 2.20. The molecule has 0 spiro atoms. The number of rotatable bonds is 7. The van der Waals surface area contributed by atoms with Crippen molar-refractivity contribution in [2.45, 2.75) is 11.4 Å². The van der Waals surface area contributed by atoms with Crippen molar-refractivity contribution >= 4 is 19.9 Å². The Labute approximate surface area is 124 Å². The van der Waals surface area contributed by atoms with Gasteiger partial charge < -0.3 is 5.32 Å². The third-order valence-electron chi connectivity index (χ3n) is 2.86. The second kappa shape index (κ2) is 6.82. The Hall–Kier alpha value is -1.03. The lowest BCUT2D eigenvalue weighted by Crippen LogP contribution is -2.32. The van der Waals surface area contributed by atoms with E-state index in [1.807, 2.05) is 0 Å². The Morgan fingerprint density at radius 2 is 1.86 bits per heavy atom. The Bertz CT molecular complexity index is 702. The molecule has 9 heteroatoms. The number of sulfonamides is 1. The van der Waals surface area contributed by atoms with Crippen LogP contribution in [-0.2, 0) is 26.4 Å². The van der Waals surface area contributed by atoms with Gasteiger partial charge >= 0.3 is 0 Å². The monoisotopic (exact) mass is 338 g/mol. The van der Waals surface area contributed by atoms with Gasteiger partial charge in [0.05, 0.1) is 10.6 Å². The molecule has 0 saturated heterocycles. The smallest absolute Gasteiger partial charge is 0.243 e. The molecule has 0 heterocycles. The minimum absolute atomic E-state index is 0.159. The van der Waals surface area contributed by atoms with Crippen LogP contribution in [0.1, 0.15) is 5.56 Å². The predicted molar refractivity (Wildman–Crippen MR) is 78.7 cm³/mol. The van der Waals surface area contributed by atoms with Gasteiger partial charge in [-0.25, -0.2) is 21.2 Å². The second-order valence-corrected chi connectivity index (χ2v) is 9.01. The van der Waals surface area contributed by atoms with E-state index in [1.165, 1.54) is 19.2 Å². The van der Waals surface area contributed by atoms with Crippen molar-refractivity contribution in [3.05, 3.63) is 29.6 Å². The number of hydrogen-bond acceptors (Lipinski definition) is 5. The van der Waals surface area contributed by atoms with Gasteiger partial charge in [0.15, 0.2) is 0 Å². The van der Waals surface area contributed by atoms with E-state index in [0.29, 0.717) is 5.56 Å². The van der Waals surface area contributed by atoms with Crippen LogP contribution < -0.4 is 5.32 Å². The molecule has 0 unspecified atom stereocenters. The van der Waals surface area contributed by atoms with Crippen LogP contribution in [0.4, 0.5) is 4.39 Å². The largest absolute Gasteiger partial charge is 0.316 e. The molecule has 1 N–H and O–H groups in total. The summed E-state index contributed by atoms with van der Waals surface area (Å²) in [6.45, 7) is 0.0748. The molecule has 0 saturated carbocycles. The molecule has 21 heavy (non-hydrogen) atoms. The lowest BCUT2D eigenvalue weighted by Gasteiger charge is -2.19. The van der Waals surface area contributed by atoms with Crippen LogP contribution in [0.15, 0.2) is 23.1 Å². The van der Waals surface area contributed by atoms with E-state index in [4.69, 9.17) is 0 Å². The second-order valence-electron chi connectivity index (χ2n) is 4.74. The zero-order valence-electron chi connectivity index (χ0n) is 12.1. The Balaban J connectivity index is 3.14. The molecule has 0 fully saturated rings. The topological polar surface area (TPSA) is 83.6 Å². The van der Waals surface area contributed by atoms with Crippen LogP contribution in [0.5, 0.6) is 0 Å². The highest BCUT2D eigenvalue weighted by atomic mass is 32.2. The van der Waals surface area contributed by atoms with E-state index < -0.39 is 25.7 Å². The van der Waals surface area contributed by atoms with E-state index >= 15 is 0 Å². The first kappa shape index (κ1) is 18.0. The highest BCUT2D eigenvalue weighted by molar-refractivity contribution is 7.91. The van der Waals surface area contributed by atoms with E-state index in [2.05, 4.69) is 5.32 Å². The molecule has 0 aliphatic heterocycles. The number of nitrogens with one attached hydrogen (secondary N) is 1. The van der Waals surface area contributed by atoms with Crippen molar-refractivity contribution in [2.75, 3.05) is 32.6 Å². The van der Waals surface area contributed by atoms with Crippen LogP contribution in [0.3, 0.4) is 0 Å². The molecule has 0 radical (unpaired) electrons. The molecule has 0 atom stereocenters. The summed E-state index contributed by atoms with van der Waals surface area (Å²) in [6.07, 6.45) is 1.03. The molecule has 1 aromatic rings. The molecule has 0 aliphatic carbocycles. The Morgan fingerprint density at radius 1 is 1.24 bits per heavy atom. The van der Waals surface area contributed by atoms with Crippen molar-refractivity contribution in [1.82, 2.24) is 9.62 Å². The predicted octanol–water partition coefficient (Wildman–Crippen LogP) is 0.210. The van der Waals surface area contributed by atoms with Crippen LogP contribution >= 0.6 is 0 Å². The van der Waals surface area contributed by atoms with Crippen LogP contribution in [0.25, 0.3) is 0 Å². The van der Waals surface area contributed by atoms with Crippen molar-refractivity contribution in [3.63, 3.8) is 0 Å². The fraction of sp³-hybridized carbons (Fsp3) is 0.500.